The van der Waals surface area contributed by atoms with Crippen molar-refractivity contribution in [1.82, 2.24) is 4.98 Å². The van der Waals surface area contributed by atoms with Crippen LogP contribution >= 0.6 is 0 Å². The van der Waals surface area contributed by atoms with Crippen LogP contribution in [0.5, 0.6) is 0 Å². The van der Waals surface area contributed by atoms with Crippen molar-refractivity contribution >= 4 is 10.9 Å². The molecule has 4 aromatic rings. The third-order valence-electron chi connectivity index (χ3n) is 6.13. The van der Waals surface area contributed by atoms with Crippen LogP contribution in [0.1, 0.15) is 44.6 Å². The number of unbranched alkanes of at least 4 members (excludes halogenated alkanes) is 4. The first-order valence-corrected chi connectivity index (χ1v) is 11.0. The van der Waals surface area contributed by atoms with Crippen LogP contribution in [0.2, 0.25) is 0 Å². The van der Waals surface area contributed by atoms with E-state index in [9.17, 15) is 0 Å². The summed E-state index contributed by atoms with van der Waals surface area (Å²) in [7, 11) is 0. The molecule has 0 bridgehead atoms. The van der Waals surface area contributed by atoms with Gasteiger partial charge in [0.15, 0.2) is 0 Å². The molecule has 1 heterocycles. The van der Waals surface area contributed by atoms with E-state index in [-0.39, 0.29) is 0 Å². The quantitative estimate of drug-likeness (QED) is 0.261. The van der Waals surface area contributed by atoms with E-state index in [1.54, 1.807) is 0 Å². The van der Waals surface area contributed by atoms with E-state index >= 15 is 0 Å². The van der Waals surface area contributed by atoms with E-state index in [4.69, 9.17) is 4.98 Å². The summed E-state index contributed by atoms with van der Waals surface area (Å²) in [4.78, 5) is 5.05. The number of benzene rings is 3. The second-order valence-electron chi connectivity index (χ2n) is 8.16. The van der Waals surface area contributed by atoms with E-state index in [0.29, 0.717) is 0 Å². The van der Waals surface area contributed by atoms with Crippen LogP contribution in [-0.2, 0) is 6.42 Å². The van der Waals surface area contributed by atoms with Crippen molar-refractivity contribution in [2.24, 2.45) is 0 Å². The van der Waals surface area contributed by atoms with E-state index in [2.05, 4.69) is 79.7 Å². The van der Waals surface area contributed by atoms with Crippen molar-refractivity contribution < 1.29 is 0 Å². The summed E-state index contributed by atoms with van der Waals surface area (Å²) >= 11 is 0. The topological polar surface area (TPSA) is 12.9 Å². The van der Waals surface area contributed by atoms with E-state index < -0.39 is 0 Å². The molecule has 0 amide bonds. The van der Waals surface area contributed by atoms with Gasteiger partial charge in [0.2, 0.25) is 0 Å². The second kappa shape index (κ2) is 7.83. The molecule has 0 N–H and O–H groups in total. The first-order valence-electron chi connectivity index (χ1n) is 11.0. The maximum absolute atomic E-state index is 5.05. The largest absolute Gasteiger partial charge is 0.248 e. The number of pyridine rings is 1. The van der Waals surface area contributed by atoms with Gasteiger partial charge in [-0.1, -0.05) is 87.2 Å². The maximum atomic E-state index is 5.05. The third-order valence-corrected chi connectivity index (χ3v) is 6.13. The summed E-state index contributed by atoms with van der Waals surface area (Å²) in [6.45, 7) is 2.27. The molecule has 29 heavy (non-hydrogen) atoms. The van der Waals surface area contributed by atoms with Crippen molar-refractivity contribution in [1.29, 1.82) is 0 Å². The average Bonchev–Trinajstić information content (AvgIpc) is 3.09. The van der Waals surface area contributed by atoms with Gasteiger partial charge < -0.3 is 0 Å². The Morgan fingerprint density at radius 1 is 0.655 bits per heavy atom. The monoisotopic (exact) mass is 377 g/mol. The van der Waals surface area contributed by atoms with Crippen molar-refractivity contribution in [3.63, 3.8) is 0 Å². The Labute approximate surface area is 173 Å². The smallest absolute Gasteiger partial charge is 0.0722 e. The zero-order valence-electron chi connectivity index (χ0n) is 17.1. The lowest BCUT2D eigenvalue weighted by atomic mass is 9.99. The van der Waals surface area contributed by atoms with Crippen LogP contribution in [0.4, 0.5) is 0 Å². The molecule has 1 aromatic heterocycles. The Bertz CT molecular complexity index is 1170. The second-order valence-corrected chi connectivity index (χ2v) is 8.16. The minimum atomic E-state index is 1.08. The summed E-state index contributed by atoms with van der Waals surface area (Å²) < 4.78 is 0. The number of aryl methyl sites for hydroxylation is 1. The molecule has 1 heteroatoms. The number of fused-ring (bicyclic) bond motifs is 3. The molecular formula is C28H27N. The van der Waals surface area contributed by atoms with Gasteiger partial charge in [0, 0.05) is 10.9 Å². The van der Waals surface area contributed by atoms with Crippen molar-refractivity contribution in [3.8, 4) is 33.5 Å². The summed E-state index contributed by atoms with van der Waals surface area (Å²) in [6, 6.07) is 26.5. The first-order chi connectivity index (χ1) is 14.3. The minimum Gasteiger partial charge on any atom is -0.248 e. The van der Waals surface area contributed by atoms with Gasteiger partial charge in [-0.25, -0.2) is 4.98 Å². The fourth-order valence-corrected chi connectivity index (χ4v) is 4.64. The van der Waals surface area contributed by atoms with Crippen LogP contribution in [0, 0.1) is 0 Å². The Hall–Kier alpha value is -2.93. The minimum absolute atomic E-state index is 1.08. The van der Waals surface area contributed by atoms with Crippen LogP contribution in [0.3, 0.4) is 0 Å². The van der Waals surface area contributed by atoms with Gasteiger partial charge in [0.05, 0.1) is 11.2 Å². The number of hydrogen-bond donors (Lipinski definition) is 0. The van der Waals surface area contributed by atoms with Gasteiger partial charge in [-0.15, -0.1) is 0 Å². The van der Waals surface area contributed by atoms with Gasteiger partial charge in [0.1, 0.15) is 0 Å². The normalized spacial score (nSPS) is 11.8. The lowest BCUT2D eigenvalue weighted by Gasteiger charge is -2.09. The summed E-state index contributed by atoms with van der Waals surface area (Å²) in [5.41, 5.74) is 10.1. The molecule has 0 saturated heterocycles. The molecule has 0 atom stereocenters. The van der Waals surface area contributed by atoms with E-state index in [0.717, 1.165) is 17.6 Å². The number of rotatable bonds is 7. The number of hydrogen-bond acceptors (Lipinski definition) is 1. The molecule has 0 unspecified atom stereocenters. The molecule has 0 radical (unpaired) electrons. The Balaban J connectivity index is 1.50. The highest BCUT2D eigenvalue weighted by Crippen LogP contribution is 2.47. The Kier molecular flexibility index (Phi) is 4.89. The van der Waals surface area contributed by atoms with Gasteiger partial charge in [0.25, 0.3) is 0 Å². The molecular weight excluding hydrogens is 350 g/mol. The zero-order chi connectivity index (χ0) is 19.6. The highest BCUT2D eigenvalue weighted by molar-refractivity contribution is 6.14. The van der Waals surface area contributed by atoms with Gasteiger partial charge in [-0.05, 0) is 58.9 Å². The van der Waals surface area contributed by atoms with Gasteiger partial charge >= 0.3 is 0 Å². The van der Waals surface area contributed by atoms with E-state index in [1.807, 2.05) is 0 Å². The summed E-state index contributed by atoms with van der Waals surface area (Å²) in [5.74, 6) is 0. The maximum Gasteiger partial charge on any atom is 0.0722 e. The molecule has 1 nitrogen and oxygen atoms in total. The van der Waals surface area contributed by atoms with Crippen LogP contribution in [-0.4, -0.2) is 4.98 Å². The zero-order valence-corrected chi connectivity index (χ0v) is 17.1. The van der Waals surface area contributed by atoms with Crippen LogP contribution < -0.4 is 0 Å². The highest BCUT2D eigenvalue weighted by Gasteiger charge is 2.22. The van der Waals surface area contributed by atoms with Crippen molar-refractivity contribution in [3.05, 3.63) is 78.4 Å². The fraction of sp³-hybridized carbons (Fsp3) is 0.250. The lowest BCUT2D eigenvalue weighted by Crippen LogP contribution is -1.90. The van der Waals surface area contributed by atoms with Crippen molar-refractivity contribution in [2.75, 3.05) is 0 Å². The molecule has 144 valence electrons. The fourth-order valence-electron chi connectivity index (χ4n) is 4.64. The van der Waals surface area contributed by atoms with Gasteiger partial charge in [-0.2, -0.15) is 0 Å². The highest BCUT2D eigenvalue weighted by atomic mass is 14.7. The Morgan fingerprint density at radius 3 is 2.28 bits per heavy atom. The lowest BCUT2D eigenvalue weighted by molar-refractivity contribution is 0.632. The Morgan fingerprint density at radius 2 is 1.41 bits per heavy atom. The molecule has 1 aliphatic rings. The van der Waals surface area contributed by atoms with Gasteiger partial charge in [-0.3, -0.25) is 0 Å². The molecule has 3 aromatic carbocycles. The SMILES string of the molecule is CCCCCCCc1cccc(-c2cc3c4c(cccc4n2)-c2ccccc2-3)c1. The molecule has 0 aliphatic heterocycles. The first kappa shape index (κ1) is 18.1. The standard InChI is InChI=1S/C28H27N/c1-2-3-4-5-6-11-20-12-9-13-21(18-20)27-19-25-23-15-8-7-14-22(23)24-16-10-17-26(29-27)28(24)25/h7-10,12-19H,2-6,11H2,1H3. The molecule has 0 fully saturated rings. The molecule has 0 saturated carbocycles. The molecule has 0 spiro atoms. The predicted molar refractivity (Wildman–Crippen MR) is 124 cm³/mol. The predicted octanol–water partition coefficient (Wildman–Crippen LogP) is 8.06. The van der Waals surface area contributed by atoms with E-state index in [1.165, 1.54) is 70.9 Å². The summed E-state index contributed by atoms with van der Waals surface area (Å²) in [6.07, 6.45) is 7.77. The van der Waals surface area contributed by atoms with Crippen LogP contribution in [0.15, 0.2) is 72.8 Å². The number of aromatic nitrogens is 1. The van der Waals surface area contributed by atoms with Crippen LogP contribution in [0.25, 0.3) is 44.4 Å². The molecule has 5 rings (SSSR count). The van der Waals surface area contributed by atoms with Crippen molar-refractivity contribution in [2.45, 2.75) is 45.4 Å². The number of nitrogens with zero attached hydrogens (tertiary/aromatic N) is 1. The molecule has 1 aliphatic carbocycles. The average molecular weight is 378 g/mol. The third kappa shape index (κ3) is 3.35. The summed E-state index contributed by atoms with van der Waals surface area (Å²) in [5, 5.41) is 1.30.